The van der Waals surface area contributed by atoms with Gasteiger partial charge in [-0.15, -0.1) is 0 Å². The number of rotatable bonds is 5. The SMILES string of the molecule is O[C@@H]1[C@@H](Nc2cncc(F)n2)COC(COc2cncc(F)n2)[C@@H]1O. The van der Waals surface area contributed by atoms with Gasteiger partial charge in [0.15, 0.2) is 0 Å². The minimum Gasteiger partial charge on any atom is -0.474 e. The Kier molecular flexibility index (Phi) is 5.26. The highest BCUT2D eigenvalue weighted by molar-refractivity contribution is 5.32. The molecule has 9 nitrogen and oxygen atoms in total. The van der Waals surface area contributed by atoms with Gasteiger partial charge in [0.2, 0.25) is 17.8 Å². The molecule has 11 heteroatoms. The van der Waals surface area contributed by atoms with Gasteiger partial charge in [-0.05, 0) is 0 Å². The fourth-order valence-electron chi connectivity index (χ4n) is 2.32. The van der Waals surface area contributed by atoms with Crippen LogP contribution in [0.2, 0.25) is 0 Å². The van der Waals surface area contributed by atoms with Crippen LogP contribution in [0, 0.1) is 11.9 Å². The van der Waals surface area contributed by atoms with E-state index in [0.29, 0.717) is 0 Å². The summed E-state index contributed by atoms with van der Waals surface area (Å²) in [4.78, 5) is 14.2. The van der Waals surface area contributed by atoms with E-state index in [0.717, 1.165) is 12.4 Å². The Morgan fingerprint density at radius 2 is 1.80 bits per heavy atom. The number of halogens is 2. The molecule has 3 rings (SSSR count). The van der Waals surface area contributed by atoms with Gasteiger partial charge in [0.05, 0.1) is 37.4 Å². The minimum atomic E-state index is -1.30. The predicted molar refractivity (Wildman–Crippen MR) is 78.6 cm³/mol. The molecule has 0 amide bonds. The van der Waals surface area contributed by atoms with Crippen molar-refractivity contribution in [2.45, 2.75) is 24.4 Å². The average Bonchev–Trinajstić information content (AvgIpc) is 2.58. The molecule has 1 saturated heterocycles. The lowest BCUT2D eigenvalue weighted by Gasteiger charge is -2.37. The maximum atomic E-state index is 13.0. The summed E-state index contributed by atoms with van der Waals surface area (Å²) >= 11 is 0. The molecule has 0 saturated carbocycles. The van der Waals surface area contributed by atoms with Gasteiger partial charge < -0.3 is 25.0 Å². The standard InChI is InChI=1S/C14H15F2N5O4/c15-9-1-17-3-11(20-9)19-7-5-24-8(14(23)13(7)22)6-25-12-4-18-2-10(16)21-12/h1-4,7-8,13-14,22-23H,5-6H2,(H,19,20)/t7-,8?,13+,14-/m0/s1. The van der Waals surface area contributed by atoms with Crippen molar-refractivity contribution in [3.8, 4) is 5.88 Å². The van der Waals surface area contributed by atoms with Crippen LogP contribution >= 0.6 is 0 Å². The van der Waals surface area contributed by atoms with Crippen LogP contribution in [0.1, 0.15) is 0 Å². The van der Waals surface area contributed by atoms with Gasteiger partial charge in [-0.1, -0.05) is 0 Å². The van der Waals surface area contributed by atoms with Crippen molar-refractivity contribution in [3.05, 3.63) is 36.7 Å². The first-order chi connectivity index (χ1) is 12.0. The molecule has 3 heterocycles. The van der Waals surface area contributed by atoms with E-state index in [1.165, 1.54) is 12.4 Å². The van der Waals surface area contributed by atoms with Crippen molar-refractivity contribution in [1.82, 2.24) is 19.9 Å². The number of nitrogens with one attached hydrogen (secondary N) is 1. The van der Waals surface area contributed by atoms with Crippen molar-refractivity contribution in [1.29, 1.82) is 0 Å². The van der Waals surface area contributed by atoms with Gasteiger partial charge in [0.1, 0.15) is 30.7 Å². The summed E-state index contributed by atoms with van der Waals surface area (Å²) in [5.74, 6) is -1.55. The van der Waals surface area contributed by atoms with E-state index in [1.54, 1.807) is 0 Å². The van der Waals surface area contributed by atoms with Crippen LogP contribution in [-0.2, 0) is 4.74 Å². The molecule has 1 aliphatic heterocycles. The zero-order valence-corrected chi connectivity index (χ0v) is 12.8. The van der Waals surface area contributed by atoms with Gasteiger partial charge in [-0.25, -0.2) is 0 Å². The third-order valence-corrected chi connectivity index (χ3v) is 3.55. The molecule has 1 aliphatic rings. The van der Waals surface area contributed by atoms with Crippen LogP contribution in [0.5, 0.6) is 5.88 Å². The lowest BCUT2D eigenvalue weighted by molar-refractivity contribution is -0.150. The number of hydrogen-bond donors (Lipinski definition) is 3. The van der Waals surface area contributed by atoms with Crippen molar-refractivity contribution in [2.24, 2.45) is 0 Å². The lowest BCUT2D eigenvalue weighted by Crippen LogP contribution is -2.57. The zero-order valence-electron chi connectivity index (χ0n) is 12.8. The fraction of sp³-hybridized carbons (Fsp3) is 0.429. The molecule has 2 aromatic rings. The molecule has 0 aliphatic carbocycles. The Labute approximate surface area is 140 Å². The molecule has 2 aromatic heterocycles. The third kappa shape index (κ3) is 4.32. The molecule has 1 unspecified atom stereocenters. The maximum absolute atomic E-state index is 13.0. The number of aliphatic hydroxyl groups is 2. The quantitative estimate of drug-likeness (QED) is 0.653. The van der Waals surface area contributed by atoms with Crippen LogP contribution in [-0.4, -0.2) is 67.7 Å². The number of anilines is 1. The first-order valence-corrected chi connectivity index (χ1v) is 7.35. The average molecular weight is 355 g/mol. The first kappa shape index (κ1) is 17.3. The number of aromatic nitrogens is 4. The Balaban J connectivity index is 1.56. The van der Waals surface area contributed by atoms with Gasteiger partial charge in [0.25, 0.3) is 0 Å². The van der Waals surface area contributed by atoms with Gasteiger partial charge in [-0.2, -0.15) is 18.7 Å². The molecule has 25 heavy (non-hydrogen) atoms. The van der Waals surface area contributed by atoms with Gasteiger partial charge in [-0.3, -0.25) is 9.97 Å². The number of nitrogens with zero attached hydrogens (tertiary/aromatic N) is 4. The highest BCUT2D eigenvalue weighted by Gasteiger charge is 2.39. The van der Waals surface area contributed by atoms with Gasteiger partial charge >= 0.3 is 0 Å². The van der Waals surface area contributed by atoms with E-state index < -0.39 is 36.2 Å². The normalized spacial score (nSPS) is 26.2. The summed E-state index contributed by atoms with van der Waals surface area (Å²) in [5.41, 5.74) is 0. The minimum absolute atomic E-state index is 0.000718. The second-order valence-electron chi connectivity index (χ2n) is 5.32. The molecule has 3 N–H and O–H groups in total. The first-order valence-electron chi connectivity index (χ1n) is 7.35. The summed E-state index contributed by atoms with van der Waals surface area (Å²) in [6, 6.07) is -0.726. The summed E-state index contributed by atoms with van der Waals surface area (Å²) in [5, 5.41) is 23.1. The number of ether oxygens (including phenoxy) is 2. The molecule has 0 bridgehead atoms. The van der Waals surface area contributed by atoms with Crippen molar-refractivity contribution in [2.75, 3.05) is 18.5 Å². The molecule has 0 radical (unpaired) electrons. The van der Waals surface area contributed by atoms with Crippen molar-refractivity contribution < 1.29 is 28.5 Å². The maximum Gasteiger partial charge on any atom is 0.235 e. The van der Waals surface area contributed by atoms with E-state index in [9.17, 15) is 19.0 Å². The lowest BCUT2D eigenvalue weighted by atomic mass is 9.98. The van der Waals surface area contributed by atoms with Crippen LogP contribution in [0.3, 0.4) is 0 Å². The summed E-state index contributed by atoms with van der Waals surface area (Å²) < 4.78 is 36.6. The van der Waals surface area contributed by atoms with Crippen LogP contribution in [0.15, 0.2) is 24.8 Å². The van der Waals surface area contributed by atoms with Crippen molar-refractivity contribution >= 4 is 5.82 Å². The summed E-state index contributed by atoms with van der Waals surface area (Å²) in [6.45, 7) is -0.165. The number of aliphatic hydroxyl groups excluding tert-OH is 2. The third-order valence-electron chi connectivity index (χ3n) is 3.55. The van der Waals surface area contributed by atoms with E-state index in [-0.39, 0.29) is 24.9 Å². The molecular formula is C14H15F2N5O4. The molecular weight excluding hydrogens is 340 g/mol. The summed E-state index contributed by atoms with van der Waals surface area (Å²) in [6.07, 6.45) is 0.962. The molecule has 0 spiro atoms. The second-order valence-corrected chi connectivity index (χ2v) is 5.32. The number of hydrogen-bond acceptors (Lipinski definition) is 9. The molecule has 0 aromatic carbocycles. The molecule has 1 fully saturated rings. The molecule has 134 valence electrons. The van der Waals surface area contributed by atoms with E-state index in [2.05, 4.69) is 25.3 Å². The largest absolute Gasteiger partial charge is 0.474 e. The Morgan fingerprint density at radius 1 is 1.08 bits per heavy atom. The highest BCUT2D eigenvalue weighted by atomic mass is 19.1. The van der Waals surface area contributed by atoms with Gasteiger partial charge in [0, 0.05) is 0 Å². The van der Waals surface area contributed by atoms with Crippen LogP contribution in [0.25, 0.3) is 0 Å². The topological polar surface area (TPSA) is 123 Å². The Hall–Kier alpha value is -2.50. The highest BCUT2D eigenvalue weighted by Crippen LogP contribution is 2.19. The van der Waals surface area contributed by atoms with E-state index in [4.69, 9.17) is 9.47 Å². The van der Waals surface area contributed by atoms with Crippen LogP contribution in [0.4, 0.5) is 14.6 Å². The molecule has 4 atom stereocenters. The fourth-order valence-corrected chi connectivity index (χ4v) is 2.32. The van der Waals surface area contributed by atoms with Crippen LogP contribution < -0.4 is 10.1 Å². The van der Waals surface area contributed by atoms with E-state index >= 15 is 0 Å². The summed E-state index contributed by atoms with van der Waals surface area (Å²) in [7, 11) is 0. The Morgan fingerprint density at radius 3 is 2.52 bits per heavy atom. The second kappa shape index (κ2) is 7.59. The zero-order chi connectivity index (χ0) is 17.8. The predicted octanol–water partition coefficient (Wildman–Crippen LogP) is -0.475. The Bertz CT molecular complexity index is 723. The smallest absolute Gasteiger partial charge is 0.235 e. The monoisotopic (exact) mass is 355 g/mol. The van der Waals surface area contributed by atoms with Crippen molar-refractivity contribution in [3.63, 3.8) is 0 Å². The van der Waals surface area contributed by atoms with E-state index in [1.807, 2.05) is 0 Å².